The average molecular weight is 583 g/mol. The van der Waals surface area contributed by atoms with Crippen LogP contribution in [0.5, 0.6) is 11.5 Å². The molecule has 0 N–H and O–H groups in total. The second-order valence-corrected chi connectivity index (χ2v) is 12.8. The van der Waals surface area contributed by atoms with Crippen molar-refractivity contribution in [2.24, 2.45) is 0 Å². The molecule has 0 radical (unpaired) electrons. The lowest BCUT2D eigenvalue weighted by Crippen LogP contribution is -2.10. The Balaban J connectivity index is 0.000000187. The quantitative estimate of drug-likeness (QED) is 0.204. The van der Waals surface area contributed by atoms with E-state index in [2.05, 4.69) is 90.1 Å². The second-order valence-electron chi connectivity index (χ2n) is 12.8. The van der Waals surface area contributed by atoms with E-state index in [4.69, 9.17) is 18.9 Å². The van der Waals surface area contributed by atoms with Crippen LogP contribution in [-0.4, -0.2) is 38.6 Å². The van der Waals surface area contributed by atoms with E-state index in [1.165, 1.54) is 22.3 Å². The van der Waals surface area contributed by atoms with Crippen molar-refractivity contribution in [2.75, 3.05) is 26.4 Å². The van der Waals surface area contributed by atoms with Gasteiger partial charge in [-0.15, -0.1) is 0 Å². The summed E-state index contributed by atoms with van der Waals surface area (Å²) in [6, 6.07) is 37.5. The van der Waals surface area contributed by atoms with Gasteiger partial charge in [0, 0.05) is 0 Å². The molecule has 4 aromatic rings. The molecular formula is C39H50O4. The topological polar surface area (TPSA) is 43.5 Å². The summed E-state index contributed by atoms with van der Waals surface area (Å²) < 4.78 is 20.8. The van der Waals surface area contributed by atoms with E-state index in [-0.39, 0.29) is 18.3 Å². The van der Waals surface area contributed by atoms with Gasteiger partial charge in [0.1, 0.15) is 36.9 Å². The maximum absolute atomic E-state index is 5.40. The largest absolute Gasteiger partial charge is 0.491 e. The Morgan fingerprint density at radius 3 is 1.07 bits per heavy atom. The monoisotopic (exact) mass is 582 g/mol. The van der Waals surface area contributed by atoms with Crippen LogP contribution in [0.15, 0.2) is 109 Å². The lowest BCUT2D eigenvalue weighted by Gasteiger charge is -2.20. The first-order valence-corrected chi connectivity index (χ1v) is 14.9. The predicted octanol–water partition coefficient (Wildman–Crippen LogP) is 9.51. The Bertz CT molecular complexity index is 1200. The Labute approximate surface area is 260 Å². The van der Waals surface area contributed by atoms with Crippen molar-refractivity contribution in [3.8, 4) is 22.6 Å². The molecule has 0 amide bonds. The molecule has 6 rings (SSSR count). The van der Waals surface area contributed by atoms with E-state index in [9.17, 15) is 0 Å². The lowest BCUT2D eigenvalue weighted by molar-refractivity contribution is 0.263. The van der Waals surface area contributed by atoms with Gasteiger partial charge in [0.05, 0.1) is 13.2 Å². The molecule has 0 spiro atoms. The van der Waals surface area contributed by atoms with Crippen molar-refractivity contribution >= 4 is 0 Å². The van der Waals surface area contributed by atoms with Crippen molar-refractivity contribution in [1.82, 2.24) is 0 Å². The smallest absolute Gasteiger partial charge is 0.119 e. The zero-order chi connectivity index (χ0) is 30.0. The summed E-state index contributed by atoms with van der Waals surface area (Å²) in [5.41, 5.74) is 5.78. The fourth-order valence-corrected chi connectivity index (χ4v) is 4.07. The molecule has 2 saturated heterocycles. The highest BCUT2D eigenvalue weighted by atomic mass is 16.6. The molecule has 4 heteroatoms. The normalized spacial score (nSPS) is 16.7. The first-order chi connectivity index (χ1) is 20.1. The van der Waals surface area contributed by atoms with Crippen LogP contribution in [0.4, 0.5) is 0 Å². The summed E-state index contributed by atoms with van der Waals surface area (Å²) in [4.78, 5) is 0. The zero-order valence-electron chi connectivity index (χ0n) is 26.0. The van der Waals surface area contributed by atoms with E-state index in [0.29, 0.717) is 25.4 Å². The molecule has 0 aliphatic carbocycles. The molecular weight excluding hydrogens is 532 g/mol. The molecule has 0 bridgehead atoms. The Morgan fingerprint density at radius 2 is 0.814 bits per heavy atom. The van der Waals surface area contributed by atoms with Crippen LogP contribution >= 0.6 is 0 Å². The maximum atomic E-state index is 5.40. The van der Waals surface area contributed by atoms with Gasteiger partial charge in [-0.05, 0) is 57.3 Å². The fourth-order valence-electron chi connectivity index (χ4n) is 4.07. The average Bonchev–Trinajstić information content (AvgIpc) is 3.92. The summed E-state index contributed by atoms with van der Waals surface area (Å²) in [5.74, 6) is 1.84. The van der Waals surface area contributed by atoms with Crippen LogP contribution in [0.25, 0.3) is 11.1 Å². The highest BCUT2D eigenvalue weighted by Gasteiger charge is 2.23. The van der Waals surface area contributed by atoms with Gasteiger partial charge < -0.3 is 18.9 Å². The molecule has 4 aromatic carbocycles. The minimum Gasteiger partial charge on any atom is -0.491 e. The van der Waals surface area contributed by atoms with Gasteiger partial charge in [0.2, 0.25) is 0 Å². The number of hydrogen-bond acceptors (Lipinski definition) is 4. The number of hydrogen-bond donors (Lipinski definition) is 0. The summed E-state index contributed by atoms with van der Waals surface area (Å²) in [6.45, 7) is 16.6. The van der Waals surface area contributed by atoms with Crippen molar-refractivity contribution in [2.45, 2.75) is 72.0 Å². The highest BCUT2D eigenvalue weighted by molar-refractivity contribution is 5.64. The number of para-hydroxylation sites is 2. The number of ether oxygens (including phenoxy) is 4. The van der Waals surface area contributed by atoms with Gasteiger partial charge in [-0.2, -0.15) is 0 Å². The van der Waals surface area contributed by atoms with E-state index in [1.807, 2.05) is 60.7 Å². The van der Waals surface area contributed by atoms with Gasteiger partial charge in [-0.3, -0.25) is 0 Å². The molecule has 2 fully saturated rings. The summed E-state index contributed by atoms with van der Waals surface area (Å²) in [6.07, 6.45) is 0.686. The third-order valence-corrected chi connectivity index (χ3v) is 7.00. The lowest BCUT2D eigenvalue weighted by atomic mass is 9.85. The zero-order valence-corrected chi connectivity index (χ0v) is 26.0. The number of rotatable bonds is 7. The highest BCUT2D eigenvalue weighted by Crippen LogP contribution is 2.28. The van der Waals surface area contributed by atoms with Gasteiger partial charge in [0.25, 0.3) is 0 Å². The van der Waals surface area contributed by atoms with Gasteiger partial charge in [0.15, 0.2) is 0 Å². The van der Waals surface area contributed by atoms with Crippen LogP contribution in [0.3, 0.4) is 0 Å². The SMILES string of the molecule is C.CC(C)(C)c1ccc(-c2ccc(C(C)(C)C)cc2)cc1.c1ccc(OCC2CO2)cc1.c1ccc(OCC2CO2)cc1. The third-order valence-electron chi connectivity index (χ3n) is 7.00. The standard InChI is InChI=1S/C20H26.2C9H10O2.CH4/c1-19(2,3)17-11-7-15(8-12-17)16-9-13-18(14-10-16)20(4,5)6;2*1-2-4-8(5-3-1)10-6-9-7-11-9;/h7-14H,1-6H3;2*1-5,9H,6-7H2;1H4. The Kier molecular flexibility index (Phi) is 12.4. The van der Waals surface area contributed by atoms with Crippen LogP contribution in [-0.2, 0) is 20.3 Å². The summed E-state index contributed by atoms with van der Waals surface area (Å²) >= 11 is 0. The number of benzene rings is 4. The van der Waals surface area contributed by atoms with Crippen molar-refractivity contribution < 1.29 is 18.9 Å². The molecule has 2 atom stereocenters. The van der Waals surface area contributed by atoms with Crippen LogP contribution < -0.4 is 9.47 Å². The molecule has 4 nitrogen and oxygen atoms in total. The van der Waals surface area contributed by atoms with Crippen LogP contribution in [0.1, 0.15) is 60.1 Å². The Morgan fingerprint density at radius 1 is 0.512 bits per heavy atom. The molecule has 2 heterocycles. The fraction of sp³-hybridized carbons (Fsp3) is 0.385. The summed E-state index contributed by atoms with van der Waals surface area (Å²) in [7, 11) is 0. The molecule has 0 aromatic heterocycles. The van der Waals surface area contributed by atoms with Crippen molar-refractivity contribution in [3.63, 3.8) is 0 Å². The molecule has 2 unspecified atom stereocenters. The second kappa shape index (κ2) is 15.7. The van der Waals surface area contributed by atoms with Crippen molar-refractivity contribution in [1.29, 1.82) is 0 Å². The van der Waals surface area contributed by atoms with E-state index in [0.717, 1.165) is 24.7 Å². The Hall–Kier alpha value is -3.60. The van der Waals surface area contributed by atoms with E-state index >= 15 is 0 Å². The molecule has 2 aliphatic heterocycles. The predicted molar refractivity (Wildman–Crippen MR) is 179 cm³/mol. The molecule has 43 heavy (non-hydrogen) atoms. The van der Waals surface area contributed by atoms with Crippen molar-refractivity contribution in [3.05, 3.63) is 120 Å². The number of epoxide rings is 2. The van der Waals surface area contributed by atoms with Gasteiger partial charge in [-0.25, -0.2) is 0 Å². The first-order valence-electron chi connectivity index (χ1n) is 14.9. The van der Waals surface area contributed by atoms with E-state index < -0.39 is 0 Å². The van der Waals surface area contributed by atoms with Gasteiger partial charge >= 0.3 is 0 Å². The van der Waals surface area contributed by atoms with Crippen LogP contribution in [0, 0.1) is 0 Å². The minimum atomic E-state index is 0. The molecule has 2 aliphatic rings. The molecule has 230 valence electrons. The van der Waals surface area contributed by atoms with Gasteiger partial charge in [-0.1, -0.05) is 134 Å². The minimum absolute atomic E-state index is 0. The van der Waals surface area contributed by atoms with Crippen LogP contribution in [0.2, 0.25) is 0 Å². The summed E-state index contributed by atoms with van der Waals surface area (Å²) in [5, 5.41) is 0. The van der Waals surface area contributed by atoms with E-state index in [1.54, 1.807) is 0 Å². The third kappa shape index (κ3) is 12.3. The first kappa shape index (κ1) is 33.9. The maximum Gasteiger partial charge on any atom is 0.119 e. The molecule has 0 saturated carbocycles.